The van der Waals surface area contributed by atoms with Crippen LogP contribution in [0.3, 0.4) is 0 Å². The molecule has 0 saturated carbocycles. The minimum absolute atomic E-state index is 0.484. The third-order valence-electron chi connectivity index (χ3n) is 1.21. The van der Waals surface area contributed by atoms with Gasteiger partial charge in [0, 0.05) is 0 Å². The molecule has 0 rings (SSSR count). The SMILES string of the molecule is CC[CH](C)[Sn][CH2]C(=O)O. The standard InChI is InChI=1S/C4H9.C2H3O2.Sn/c1-3-4-2;1-2(3)4;/h3H,4H2,1-2H3;1H2,(H,3,4);. The van der Waals surface area contributed by atoms with Gasteiger partial charge in [-0.3, -0.25) is 0 Å². The number of carbonyl (C=O) groups is 1. The van der Waals surface area contributed by atoms with E-state index in [-0.39, 0.29) is 0 Å². The van der Waals surface area contributed by atoms with Crippen LogP contribution in [0, 0.1) is 0 Å². The van der Waals surface area contributed by atoms with Gasteiger partial charge in [0.15, 0.2) is 0 Å². The van der Waals surface area contributed by atoms with Crippen LogP contribution in [0.5, 0.6) is 0 Å². The minimum atomic E-state index is -0.609. The van der Waals surface area contributed by atoms with Crippen molar-refractivity contribution in [3.8, 4) is 0 Å². The molecular weight excluding hydrogens is 223 g/mol. The fourth-order valence-electron chi connectivity index (χ4n) is 0.406. The van der Waals surface area contributed by atoms with E-state index in [4.69, 9.17) is 5.11 Å². The van der Waals surface area contributed by atoms with E-state index in [1.807, 2.05) is 0 Å². The van der Waals surface area contributed by atoms with Crippen molar-refractivity contribution in [3.63, 3.8) is 0 Å². The summed E-state index contributed by atoms with van der Waals surface area (Å²) in [4.78, 5) is 10.1. The van der Waals surface area contributed by atoms with Crippen molar-refractivity contribution in [2.75, 3.05) is 0 Å². The third-order valence-corrected chi connectivity index (χ3v) is 5.81. The molecule has 0 spiro atoms. The summed E-state index contributed by atoms with van der Waals surface area (Å²) in [7, 11) is 0. The van der Waals surface area contributed by atoms with E-state index in [0.717, 1.165) is 10.4 Å². The number of hydrogen-bond acceptors (Lipinski definition) is 1. The summed E-state index contributed by atoms with van der Waals surface area (Å²) >= 11 is -0.563. The van der Waals surface area contributed by atoms with Crippen molar-refractivity contribution in [2.24, 2.45) is 0 Å². The van der Waals surface area contributed by atoms with Crippen LogP contribution in [0.1, 0.15) is 20.3 Å². The van der Waals surface area contributed by atoms with Crippen molar-refractivity contribution in [2.45, 2.75) is 28.6 Å². The fraction of sp³-hybridized carbons (Fsp3) is 0.833. The van der Waals surface area contributed by atoms with Gasteiger partial charge in [-0.05, 0) is 0 Å². The van der Waals surface area contributed by atoms with Crippen molar-refractivity contribution < 1.29 is 9.90 Å². The Hall–Kier alpha value is 0.269. The molecule has 2 radical (unpaired) electrons. The molecule has 52 valence electrons. The number of carboxylic acids is 1. The van der Waals surface area contributed by atoms with Gasteiger partial charge in [0.1, 0.15) is 0 Å². The molecule has 0 fully saturated rings. The molecule has 0 bridgehead atoms. The molecule has 2 nitrogen and oxygen atoms in total. The molecule has 0 amide bonds. The van der Waals surface area contributed by atoms with Crippen LogP contribution < -0.4 is 0 Å². The van der Waals surface area contributed by atoms with Crippen LogP contribution in [-0.2, 0) is 4.79 Å². The summed E-state index contributed by atoms with van der Waals surface area (Å²) in [6.45, 7) is 4.27. The first-order valence-corrected chi connectivity index (χ1v) is 6.78. The van der Waals surface area contributed by atoms with Gasteiger partial charge in [0.25, 0.3) is 0 Å². The Morgan fingerprint density at radius 3 is 2.67 bits per heavy atom. The molecule has 0 aliphatic carbocycles. The van der Waals surface area contributed by atoms with E-state index in [9.17, 15) is 4.79 Å². The summed E-state index contributed by atoms with van der Waals surface area (Å²) in [6, 6.07) is 0. The van der Waals surface area contributed by atoms with E-state index in [1.54, 1.807) is 0 Å². The van der Waals surface area contributed by atoms with Crippen LogP contribution in [0.2, 0.25) is 8.37 Å². The van der Waals surface area contributed by atoms with Crippen molar-refractivity contribution >= 4 is 27.1 Å². The summed E-state index contributed by atoms with van der Waals surface area (Å²) in [6.07, 6.45) is 1.15. The molecule has 0 heterocycles. The predicted octanol–water partition coefficient (Wildman–Crippen LogP) is 1.41. The zero-order chi connectivity index (χ0) is 7.28. The normalized spacial score (nSPS) is 13.1. The molecule has 9 heavy (non-hydrogen) atoms. The first kappa shape index (κ1) is 9.27. The Morgan fingerprint density at radius 2 is 2.33 bits per heavy atom. The van der Waals surface area contributed by atoms with Crippen LogP contribution in [0.4, 0.5) is 0 Å². The van der Waals surface area contributed by atoms with Gasteiger partial charge in [-0.15, -0.1) is 0 Å². The van der Waals surface area contributed by atoms with Gasteiger partial charge in [-0.25, -0.2) is 0 Å². The summed E-state index contributed by atoms with van der Waals surface area (Å²) in [5, 5.41) is 8.30. The predicted molar refractivity (Wildman–Crippen MR) is 37.9 cm³/mol. The summed E-state index contributed by atoms with van der Waals surface area (Å²) in [5.74, 6) is -0.609. The average molecular weight is 235 g/mol. The molecular formula is C6H12O2Sn. The molecule has 0 aliphatic rings. The maximum absolute atomic E-state index is 10.1. The Morgan fingerprint density at radius 1 is 1.78 bits per heavy atom. The second-order valence-electron chi connectivity index (χ2n) is 2.08. The Bertz CT molecular complexity index is 93.1. The first-order valence-electron chi connectivity index (χ1n) is 3.12. The van der Waals surface area contributed by atoms with Gasteiger partial charge in [-0.2, -0.15) is 0 Å². The Labute approximate surface area is 65.9 Å². The van der Waals surface area contributed by atoms with E-state index < -0.39 is 27.1 Å². The van der Waals surface area contributed by atoms with E-state index >= 15 is 0 Å². The Kier molecular flexibility index (Phi) is 5.24. The second-order valence-corrected chi connectivity index (χ2v) is 7.07. The van der Waals surface area contributed by atoms with Gasteiger partial charge in [-0.1, -0.05) is 0 Å². The quantitative estimate of drug-likeness (QED) is 0.748. The summed E-state index contributed by atoms with van der Waals surface area (Å²) in [5.41, 5.74) is 0. The molecule has 1 N–H and O–H groups in total. The monoisotopic (exact) mass is 236 g/mol. The number of hydrogen-bond donors (Lipinski definition) is 1. The van der Waals surface area contributed by atoms with E-state index in [2.05, 4.69) is 13.8 Å². The molecule has 0 aromatic carbocycles. The zero-order valence-electron chi connectivity index (χ0n) is 5.85. The number of carboxylic acid groups (broad SMARTS) is 1. The van der Waals surface area contributed by atoms with Crippen LogP contribution in [0.15, 0.2) is 0 Å². The zero-order valence-corrected chi connectivity index (χ0v) is 8.70. The van der Waals surface area contributed by atoms with Crippen LogP contribution in [0.25, 0.3) is 0 Å². The van der Waals surface area contributed by atoms with E-state index in [1.165, 1.54) is 0 Å². The molecule has 1 unspecified atom stereocenters. The van der Waals surface area contributed by atoms with Gasteiger partial charge >= 0.3 is 65.7 Å². The third kappa shape index (κ3) is 6.15. The fourth-order valence-corrected chi connectivity index (χ4v) is 2.72. The maximum atomic E-state index is 10.1. The van der Waals surface area contributed by atoms with E-state index in [0.29, 0.717) is 4.44 Å². The van der Waals surface area contributed by atoms with Crippen molar-refractivity contribution in [1.29, 1.82) is 0 Å². The summed E-state index contributed by atoms with van der Waals surface area (Å²) < 4.78 is 1.21. The van der Waals surface area contributed by atoms with Crippen LogP contribution >= 0.6 is 0 Å². The molecule has 0 aromatic rings. The second kappa shape index (κ2) is 5.09. The van der Waals surface area contributed by atoms with Crippen molar-refractivity contribution in [1.82, 2.24) is 0 Å². The first-order chi connectivity index (χ1) is 4.16. The van der Waals surface area contributed by atoms with Crippen molar-refractivity contribution in [3.05, 3.63) is 0 Å². The van der Waals surface area contributed by atoms with Gasteiger partial charge < -0.3 is 0 Å². The number of aliphatic carboxylic acids is 1. The number of rotatable bonds is 4. The Balaban J connectivity index is 3.16. The molecule has 3 heteroatoms. The molecule has 0 aromatic heterocycles. The molecule has 0 saturated heterocycles. The molecule has 0 aliphatic heterocycles. The van der Waals surface area contributed by atoms with Gasteiger partial charge in [0.05, 0.1) is 0 Å². The van der Waals surface area contributed by atoms with Gasteiger partial charge in [0.2, 0.25) is 0 Å². The molecule has 1 atom stereocenters. The topological polar surface area (TPSA) is 37.3 Å². The average Bonchev–Trinajstić information content (AvgIpc) is 1.83. The van der Waals surface area contributed by atoms with Crippen LogP contribution in [-0.4, -0.2) is 32.2 Å².